The van der Waals surface area contributed by atoms with Gasteiger partial charge in [0.25, 0.3) is 0 Å². The van der Waals surface area contributed by atoms with Gasteiger partial charge in [0.1, 0.15) is 0 Å². The van der Waals surface area contributed by atoms with Gasteiger partial charge >= 0.3 is 0 Å². The van der Waals surface area contributed by atoms with Crippen molar-refractivity contribution < 1.29 is 13.2 Å². The molecule has 0 unspecified atom stereocenters. The van der Waals surface area contributed by atoms with E-state index in [1.807, 2.05) is 12.1 Å². The number of amides is 1. The number of aryl methyl sites for hydroxylation is 1. The Balaban J connectivity index is 1.69. The molecule has 1 saturated carbocycles. The Kier molecular flexibility index (Phi) is 5.22. The van der Waals surface area contributed by atoms with E-state index in [1.165, 1.54) is 6.42 Å². The molecule has 5 nitrogen and oxygen atoms in total. The normalized spacial score (nSPS) is 15.3. The van der Waals surface area contributed by atoms with Gasteiger partial charge in [-0.3, -0.25) is 9.52 Å². The molecule has 0 saturated heterocycles. The molecule has 0 atom stereocenters. The molecular weight excluding hydrogens is 288 g/mol. The van der Waals surface area contributed by atoms with Crippen molar-refractivity contribution >= 4 is 21.6 Å². The summed E-state index contributed by atoms with van der Waals surface area (Å²) >= 11 is 0. The largest absolute Gasteiger partial charge is 0.356 e. The van der Waals surface area contributed by atoms with Crippen LogP contribution in [0.5, 0.6) is 0 Å². The molecule has 0 heterocycles. The van der Waals surface area contributed by atoms with Gasteiger partial charge in [0.2, 0.25) is 15.9 Å². The molecular formula is C15H22N2O3S. The van der Waals surface area contributed by atoms with Crippen LogP contribution in [0.25, 0.3) is 0 Å². The van der Waals surface area contributed by atoms with E-state index >= 15 is 0 Å². The number of hydrogen-bond acceptors (Lipinski definition) is 3. The van der Waals surface area contributed by atoms with Gasteiger partial charge in [-0.15, -0.1) is 0 Å². The van der Waals surface area contributed by atoms with E-state index in [0.717, 1.165) is 37.5 Å². The first-order chi connectivity index (χ1) is 9.94. The van der Waals surface area contributed by atoms with Crippen LogP contribution >= 0.6 is 0 Å². The number of nitrogens with one attached hydrogen (secondary N) is 2. The monoisotopic (exact) mass is 310 g/mol. The summed E-state index contributed by atoms with van der Waals surface area (Å²) in [6.07, 6.45) is 6.11. The fourth-order valence-electron chi connectivity index (χ4n) is 2.27. The summed E-state index contributed by atoms with van der Waals surface area (Å²) in [7, 11) is -3.22. The van der Waals surface area contributed by atoms with Gasteiger partial charge in [-0.25, -0.2) is 8.42 Å². The van der Waals surface area contributed by atoms with Gasteiger partial charge in [-0.05, 0) is 43.4 Å². The molecule has 0 aliphatic heterocycles. The minimum atomic E-state index is -3.22. The standard InChI is InChI=1S/C15H22N2O3S/c1-21(19,20)17-14-9-7-12(8-10-14)4-3-11-16-15(18)13-5-2-6-13/h7-10,13,17H,2-6,11H2,1H3,(H,16,18). The average molecular weight is 310 g/mol. The van der Waals surface area contributed by atoms with Crippen LogP contribution in [0.4, 0.5) is 5.69 Å². The highest BCUT2D eigenvalue weighted by Crippen LogP contribution is 2.26. The second-order valence-electron chi connectivity index (χ2n) is 5.59. The van der Waals surface area contributed by atoms with Crippen LogP contribution in [0, 0.1) is 5.92 Å². The quantitative estimate of drug-likeness (QED) is 0.755. The van der Waals surface area contributed by atoms with E-state index in [4.69, 9.17) is 0 Å². The molecule has 0 bridgehead atoms. The zero-order chi connectivity index (χ0) is 15.3. The molecule has 1 amide bonds. The summed E-state index contributed by atoms with van der Waals surface area (Å²) in [6.45, 7) is 0.693. The Morgan fingerprint density at radius 3 is 2.43 bits per heavy atom. The average Bonchev–Trinajstić information content (AvgIpc) is 2.32. The Bertz CT molecular complexity index is 577. The predicted octanol–water partition coefficient (Wildman–Crippen LogP) is 1.91. The minimum Gasteiger partial charge on any atom is -0.356 e. The molecule has 2 N–H and O–H groups in total. The lowest BCUT2D eigenvalue weighted by Gasteiger charge is -2.23. The Morgan fingerprint density at radius 1 is 1.24 bits per heavy atom. The fraction of sp³-hybridized carbons (Fsp3) is 0.533. The van der Waals surface area contributed by atoms with Crippen molar-refractivity contribution in [2.45, 2.75) is 32.1 Å². The molecule has 1 aliphatic carbocycles. The van der Waals surface area contributed by atoms with Crippen LogP contribution in [0.15, 0.2) is 24.3 Å². The van der Waals surface area contributed by atoms with Crippen LogP contribution in [0.2, 0.25) is 0 Å². The SMILES string of the molecule is CS(=O)(=O)Nc1ccc(CCCNC(=O)C2CCC2)cc1. The number of carbonyl (C=O) groups is 1. The molecule has 1 fully saturated rings. The zero-order valence-electron chi connectivity index (χ0n) is 12.3. The van der Waals surface area contributed by atoms with Gasteiger partial charge < -0.3 is 5.32 Å². The summed E-state index contributed by atoms with van der Waals surface area (Å²) in [6, 6.07) is 7.31. The summed E-state index contributed by atoms with van der Waals surface area (Å²) in [5.74, 6) is 0.431. The predicted molar refractivity (Wildman–Crippen MR) is 83.6 cm³/mol. The number of carbonyl (C=O) groups excluding carboxylic acids is 1. The van der Waals surface area contributed by atoms with Crippen molar-refractivity contribution in [1.82, 2.24) is 5.32 Å². The van der Waals surface area contributed by atoms with E-state index < -0.39 is 10.0 Å². The first kappa shape index (κ1) is 15.8. The molecule has 0 spiro atoms. The summed E-state index contributed by atoms with van der Waals surface area (Å²) < 4.78 is 24.6. The molecule has 0 aromatic heterocycles. The second-order valence-corrected chi connectivity index (χ2v) is 7.34. The van der Waals surface area contributed by atoms with Crippen molar-refractivity contribution in [1.29, 1.82) is 0 Å². The topological polar surface area (TPSA) is 75.3 Å². The minimum absolute atomic E-state index is 0.189. The van der Waals surface area contributed by atoms with E-state index in [9.17, 15) is 13.2 Å². The van der Waals surface area contributed by atoms with Crippen molar-refractivity contribution in [2.75, 3.05) is 17.5 Å². The molecule has 6 heteroatoms. The molecule has 21 heavy (non-hydrogen) atoms. The molecule has 2 rings (SSSR count). The molecule has 1 aromatic rings. The lowest BCUT2D eigenvalue weighted by molar-refractivity contribution is -0.127. The zero-order valence-corrected chi connectivity index (χ0v) is 13.1. The van der Waals surface area contributed by atoms with Crippen LogP contribution in [0.3, 0.4) is 0 Å². The van der Waals surface area contributed by atoms with E-state index in [2.05, 4.69) is 10.0 Å². The number of rotatable bonds is 7. The van der Waals surface area contributed by atoms with E-state index in [-0.39, 0.29) is 11.8 Å². The lowest BCUT2D eigenvalue weighted by Crippen LogP contribution is -2.35. The third kappa shape index (κ3) is 5.38. The first-order valence-corrected chi connectivity index (χ1v) is 9.17. The number of benzene rings is 1. The smallest absolute Gasteiger partial charge is 0.229 e. The highest BCUT2D eigenvalue weighted by molar-refractivity contribution is 7.92. The third-order valence-corrected chi connectivity index (χ3v) is 4.28. The molecule has 1 aromatic carbocycles. The van der Waals surface area contributed by atoms with Gasteiger partial charge in [-0.2, -0.15) is 0 Å². The van der Waals surface area contributed by atoms with Crippen LogP contribution in [-0.2, 0) is 21.2 Å². The number of sulfonamides is 1. The lowest BCUT2D eigenvalue weighted by atomic mass is 9.85. The maximum absolute atomic E-state index is 11.6. The van der Waals surface area contributed by atoms with Crippen LogP contribution in [-0.4, -0.2) is 27.1 Å². The highest BCUT2D eigenvalue weighted by atomic mass is 32.2. The van der Waals surface area contributed by atoms with Gasteiger partial charge in [0, 0.05) is 18.2 Å². The highest BCUT2D eigenvalue weighted by Gasteiger charge is 2.24. The van der Waals surface area contributed by atoms with Gasteiger partial charge in [0.15, 0.2) is 0 Å². The van der Waals surface area contributed by atoms with Crippen molar-refractivity contribution in [3.63, 3.8) is 0 Å². The molecule has 116 valence electrons. The summed E-state index contributed by atoms with van der Waals surface area (Å²) in [5, 5.41) is 2.97. The van der Waals surface area contributed by atoms with Crippen LogP contribution in [0.1, 0.15) is 31.2 Å². The van der Waals surface area contributed by atoms with Gasteiger partial charge in [-0.1, -0.05) is 18.6 Å². The molecule has 0 radical (unpaired) electrons. The van der Waals surface area contributed by atoms with Crippen molar-refractivity contribution in [3.05, 3.63) is 29.8 Å². The summed E-state index contributed by atoms with van der Waals surface area (Å²) in [4.78, 5) is 11.6. The third-order valence-electron chi connectivity index (χ3n) is 3.67. The number of anilines is 1. The maximum atomic E-state index is 11.6. The number of hydrogen-bond donors (Lipinski definition) is 2. The fourth-order valence-corrected chi connectivity index (χ4v) is 2.84. The first-order valence-electron chi connectivity index (χ1n) is 7.28. The Hall–Kier alpha value is -1.56. The Morgan fingerprint density at radius 2 is 1.90 bits per heavy atom. The van der Waals surface area contributed by atoms with Crippen molar-refractivity contribution in [2.24, 2.45) is 5.92 Å². The van der Waals surface area contributed by atoms with E-state index in [1.54, 1.807) is 12.1 Å². The maximum Gasteiger partial charge on any atom is 0.229 e. The second kappa shape index (κ2) is 6.93. The van der Waals surface area contributed by atoms with Gasteiger partial charge in [0.05, 0.1) is 6.26 Å². The van der Waals surface area contributed by atoms with Crippen LogP contribution < -0.4 is 10.0 Å². The summed E-state index contributed by atoms with van der Waals surface area (Å²) in [5.41, 5.74) is 1.70. The van der Waals surface area contributed by atoms with E-state index in [0.29, 0.717) is 12.2 Å². The molecule has 1 aliphatic rings. The Labute approximate surface area is 126 Å². The van der Waals surface area contributed by atoms with Crippen molar-refractivity contribution in [3.8, 4) is 0 Å².